The Hall–Kier alpha value is -2.54. The summed E-state index contributed by atoms with van der Waals surface area (Å²) in [7, 11) is 1.82. The maximum absolute atomic E-state index is 10.7. The average molecular weight is 374 g/mol. The lowest BCUT2D eigenvalue weighted by molar-refractivity contribution is 0.0672. The number of aryl methyl sites for hydroxylation is 3. The Morgan fingerprint density at radius 1 is 1.30 bits per heavy atom. The van der Waals surface area contributed by atoms with Gasteiger partial charge in [-0.25, -0.2) is 4.99 Å². The molecule has 1 aromatic carbocycles. The molecule has 0 aliphatic carbocycles. The largest absolute Gasteiger partial charge is 0.491 e. The number of rotatable bonds is 8. The van der Waals surface area contributed by atoms with E-state index in [-0.39, 0.29) is 6.54 Å². The number of nitrogens with one attached hydrogen (secondary N) is 2. The first-order valence-electron chi connectivity index (χ1n) is 9.26. The fourth-order valence-electron chi connectivity index (χ4n) is 2.71. The van der Waals surface area contributed by atoms with Crippen molar-refractivity contribution in [3.05, 3.63) is 47.3 Å². The van der Waals surface area contributed by atoms with Crippen LogP contribution in [0.3, 0.4) is 0 Å². The molecular formula is C20H31N5O2. The molecule has 0 saturated carbocycles. The smallest absolute Gasteiger partial charge is 0.191 e. The third-order valence-corrected chi connectivity index (χ3v) is 4.27. The van der Waals surface area contributed by atoms with Crippen molar-refractivity contribution in [1.29, 1.82) is 0 Å². The number of hydrogen-bond acceptors (Lipinski definition) is 4. The minimum atomic E-state index is -1.08. The van der Waals surface area contributed by atoms with Gasteiger partial charge in [0.05, 0.1) is 19.3 Å². The van der Waals surface area contributed by atoms with Crippen LogP contribution in [0.1, 0.15) is 30.5 Å². The van der Waals surface area contributed by atoms with E-state index in [1.54, 1.807) is 24.0 Å². The summed E-state index contributed by atoms with van der Waals surface area (Å²) in [6.45, 7) is 9.92. The van der Waals surface area contributed by atoms with Crippen molar-refractivity contribution < 1.29 is 9.84 Å². The number of nitrogens with zero attached hydrogens (tertiary/aromatic N) is 3. The van der Waals surface area contributed by atoms with Gasteiger partial charge in [0.25, 0.3) is 0 Å². The van der Waals surface area contributed by atoms with Gasteiger partial charge in [0, 0.05) is 25.4 Å². The first kappa shape index (κ1) is 20.8. The molecular weight excluding hydrogens is 342 g/mol. The molecule has 0 saturated heterocycles. The number of hydrogen-bond donors (Lipinski definition) is 3. The quantitative estimate of drug-likeness (QED) is 0.374. The van der Waals surface area contributed by atoms with Crippen molar-refractivity contribution >= 4 is 5.96 Å². The molecule has 27 heavy (non-hydrogen) atoms. The van der Waals surface area contributed by atoms with Gasteiger partial charge in [-0.05, 0) is 38.8 Å². The second-order valence-corrected chi connectivity index (χ2v) is 6.87. The second-order valence-electron chi connectivity index (χ2n) is 6.87. The lowest BCUT2D eigenvalue weighted by atomic mass is 10.0. The minimum absolute atomic E-state index is 0.228. The van der Waals surface area contributed by atoms with Crippen LogP contribution < -0.4 is 15.4 Å². The Morgan fingerprint density at radius 3 is 2.59 bits per heavy atom. The van der Waals surface area contributed by atoms with Crippen LogP contribution in [0.15, 0.2) is 35.6 Å². The molecule has 2 rings (SSSR count). The normalized spacial score (nSPS) is 13.9. The van der Waals surface area contributed by atoms with Crippen LogP contribution >= 0.6 is 0 Å². The Kier molecular flexibility index (Phi) is 7.24. The molecule has 0 aliphatic heterocycles. The van der Waals surface area contributed by atoms with Crippen molar-refractivity contribution in [3.63, 3.8) is 0 Å². The van der Waals surface area contributed by atoms with Gasteiger partial charge in [0.15, 0.2) is 5.96 Å². The van der Waals surface area contributed by atoms with Crippen molar-refractivity contribution in [3.8, 4) is 5.75 Å². The van der Waals surface area contributed by atoms with Crippen LogP contribution in [-0.4, -0.2) is 47.1 Å². The highest BCUT2D eigenvalue weighted by Crippen LogP contribution is 2.22. The summed E-state index contributed by atoms with van der Waals surface area (Å²) < 4.78 is 7.58. The average Bonchev–Trinajstić information content (AvgIpc) is 3.06. The van der Waals surface area contributed by atoms with E-state index in [0.29, 0.717) is 19.1 Å². The molecule has 0 radical (unpaired) electrons. The van der Waals surface area contributed by atoms with E-state index in [4.69, 9.17) is 4.74 Å². The molecule has 0 amide bonds. The third kappa shape index (κ3) is 5.99. The highest BCUT2D eigenvalue weighted by Gasteiger charge is 2.24. The van der Waals surface area contributed by atoms with Gasteiger partial charge < -0.3 is 20.5 Å². The minimum Gasteiger partial charge on any atom is -0.491 e. The predicted molar refractivity (Wildman–Crippen MR) is 108 cm³/mol. The second kappa shape index (κ2) is 9.41. The number of guanidine groups is 1. The van der Waals surface area contributed by atoms with E-state index in [1.165, 1.54) is 0 Å². The molecule has 1 aromatic heterocycles. The van der Waals surface area contributed by atoms with E-state index < -0.39 is 5.60 Å². The van der Waals surface area contributed by atoms with Gasteiger partial charge in [-0.1, -0.05) is 18.2 Å². The summed E-state index contributed by atoms with van der Waals surface area (Å²) in [5.74, 6) is 1.58. The lowest BCUT2D eigenvalue weighted by Gasteiger charge is -2.20. The Bertz CT molecular complexity index is 747. The van der Waals surface area contributed by atoms with Crippen molar-refractivity contribution in [2.24, 2.45) is 12.0 Å². The zero-order valence-electron chi connectivity index (χ0n) is 16.9. The first-order chi connectivity index (χ1) is 12.8. The number of para-hydroxylation sites is 1. The Morgan fingerprint density at radius 2 is 2.00 bits per heavy atom. The fraction of sp³-hybridized carbons (Fsp3) is 0.500. The summed E-state index contributed by atoms with van der Waals surface area (Å²) in [6, 6.07) is 6.11. The van der Waals surface area contributed by atoms with Crippen LogP contribution in [0, 0.1) is 13.8 Å². The van der Waals surface area contributed by atoms with Crippen LogP contribution in [0.2, 0.25) is 0 Å². The molecule has 1 heterocycles. The van der Waals surface area contributed by atoms with E-state index in [0.717, 1.165) is 29.0 Å². The molecule has 0 fully saturated rings. The topological polar surface area (TPSA) is 83.7 Å². The predicted octanol–water partition coefficient (Wildman–Crippen LogP) is 1.88. The van der Waals surface area contributed by atoms with Gasteiger partial charge in [-0.2, -0.15) is 5.10 Å². The molecule has 0 aliphatic rings. The van der Waals surface area contributed by atoms with Gasteiger partial charge in [0.1, 0.15) is 18.0 Å². The van der Waals surface area contributed by atoms with Gasteiger partial charge in [-0.15, -0.1) is 0 Å². The molecule has 0 spiro atoms. The van der Waals surface area contributed by atoms with Crippen molar-refractivity contribution in [2.45, 2.75) is 33.3 Å². The summed E-state index contributed by atoms with van der Waals surface area (Å²) in [5.41, 5.74) is 1.92. The van der Waals surface area contributed by atoms with Crippen molar-refractivity contribution in [1.82, 2.24) is 20.4 Å². The molecule has 3 N–H and O–H groups in total. The maximum atomic E-state index is 10.7. The zero-order chi connectivity index (χ0) is 19.9. The number of aliphatic hydroxyl groups is 1. The lowest BCUT2D eigenvalue weighted by Crippen LogP contribution is -2.40. The third-order valence-electron chi connectivity index (χ3n) is 4.27. The molecule has 1 unspecified atom stereocenters. The first-order valence-corrected chi connectivity index (χ1v) is 9.26. The Balaban J connectivity index is 1.90. The van der Waals surface area contributed by atoms with E-state index in [2.05, 4.69) is 20.7 Å². The van der Waals surface area contributed by atoms with Crippen LogP contribution in [0.4, 0.5) is 0 Å². The van der Waals surface area contributed by atoms with Gasteiger partial charge in [-0.3, -0.25) is 4.68 Å². The summed E-state index contributed by atoms with van der Waals surface area (Å²) in [4.78, 5) is 4.50. The molecule has 0 bridgehead atoms. The summed E-state index contributed by atoms with van der Waals surface area (Å²) >= 11 is 0. The van der Waals surface area contributed by atoms with E-state index in [9.17, 15) is 5.11 Å². The molecule has 7 nitrogen and oxygen atoms in total. The summed E-state index contributed by atoms with van der Waals surface area (Å²) in [6.07, 6.45) is 3.46. The fourth-order valence-corrected chi connectivity index (χ4v) is 2.71. The summed E-state index contributed by atoms with van der Waals surface area (Å²) in [5, 5.41) is 21.2. The SMILES string of the molecule is CCNC(=NCC(C)(O)c1cnn(C)c1)NCCOc1c(C)cccc1C. The highest BCUT2D eigenvalue weighted by molar-refractivity contribution is 5.79. The van der Waals surface area contributed by atoms with Crippen LogP contribution in [-0.2, 0) is 12.6 Å². The number of aromatic nitrogens is 2. The number of ether oxygens (including phenoxy) is 1. The number of benzene rings is 1. The van der Waals surface area contributed by atoms with Gasteiger partial charge in [0.2, 0.25) is 0 Å². The Labute approximate surface area is 161 Å². The van der Waals surface area contributed by atoms with Gasteiger partial charge >= 0.3 is 0 Å². The van der Waals surface area contributed by atoms with E-state index >= 15 is 0 Å². The van der Waals surface area contributed by atoms with Crippen molar-refractivity contribution in [2.75, 3.05) is 26.2 Å². The molecule has 1 atom stereocenters. The number of aliphatic imine (C=N–C) groups is 1. The maximum Gasteiger partial charge on any atom is 0.191 e. The zero-order valence-corrected chi connectivity index (χ0v) is 16.9. The standard InChI is InChI=1S/C20H31N5O2/c1-6-21-19(23-14-20(4,26)17-12-24-25(5)13-17)22-10-11-27-18-15(2)8-7-9-16(18)3/h7-9,12-13,26H,6,10-11,14H2,1-5H3,(H2,21,22,23). The molecule has 7 heteroatoms. The highest BCUT2D eigenvalue weighted by atomic mass is 16.5. The monoisotopic (exact) mass is 373 g/mol. The molecule has 148 valence electrons. The van der Waals surface area contributed by atoms with Crippen LogP contribution in [0.5, 0.6) is 5.75 Å². The van der Waals surface area contributed by atoms with E-state index in [1.807, 2.05) is 46.0 Å². The molecule has 2 aromatic rings. The van der Waals surface area contributed by atoms with Crippen LogP contribution in [0.25, 0.3) is 0 Å².